The fourth-order valence-electron chi connectivity index (χ4n) is 1.03. The zero-order chi connectivity index (χ0) is 10.9. The maximum absolute atomic E-state index is 8.06. The van der Waals surface area contributed by atoms with Crippen LogP contribution in [0.15, 0.2) is 29.7 Å². The molecule has 0 aromatic carbocycles. The Bertz CT molecular complexity index is 383. The smallest absolute Gasteiger partial charge is 0.137 e. The number of pyridine rings is 1. The summed E-state index contributed by atoms with van der Waals surface area (Å²) in [5.41, 5.74) is 9.03. The van der Waals surface area contributed by atoms with Crippen LogP contribution in [0.25, 0.3) is 16.5 Å². The molecule has 0 aliphatic heterocycles. The van der Waals surface area contributed by atoms with E-state index in [2.05, 4.69) is 15.0 Å². The molecule has 0 saturated heterocycles. The van der Waals surface area contributed by atoms with Gasteiger partial charge in [-0.25, -0.2) is 0 Å². The highest BCUT2D eigenvalue weighted by Gasteiger charge is 1.91. The van der Waals surface area contributed by atoms with Crippen LogP contribution < -0.4 is 4.74 Å². The minimum Gasteiger partial charge on any atom is -0.495 e. The van der Waals surface area contributed by atoms with Gasteiger partial charge in [-0.3, -0.25) is 4.98 Å². The van der Waals surface area contributed by atoms with Crippen molar-refractivity contribution in [3.8, 4) is 5.75 Å². The van der Waals surface area contributed by atoms with Crippen LogP contribution in [0.3, 0.4) is 0 Å². The Labute approximate surface area is 88.0 Å². The van der Waals surface area contributed by atoms with Gasteiger partial charge in [0.05, 0.1) is 13.3 Å². The van der Waals surface area contributed by atoms with Gasteiger partial charge in [0, 0.05) is 17.7 Å². The summed E-state index contributed by atoms with van der Waals surface area (Å²) in [7, 11) is 1.60. The van der Waals surface area contributed by atoms with Crippen LogP contribution in [0.2, 0.25) is 0 Å². The summed E-state index contributed by atoms with van der Waals surface area (Å²) in [6.45, 7) is 0.477. The fraction of sp³-hybridized carbons (Fsp3) is 0.300. The Morgan fingerprint density at radius 2 is 2.47 bits per heavy atom. The molecule has 78 valence electrons. The number of ether oxygens (including phenoxy) is 1. The summed E-state index contributed by atoms with van der Waals surface area (Å²) < 4.78 is 5.04. The number of hydrogen-bond donors (Lipinski definition) is 0. The van der Waals surface area contributed by atoms with E-state index < -0.39 is 0 Å². The molecule has 5 nitrogen and oxygen atoms in total. The Morgan fingerprint density at radius 1 is 1.60 bits per heavy atom. The number of methoxy groups -OCH3 is 1. The van der Waals surface area contributed by atoms with Crippen LogP contribution in [0.5, 0.6) is 5.75 Å². The molecule has 1 aromatic heterocycles. The van der Waals surface area contributed by atoms with Gasteiger partial charge in [-0.1, -0.05) is 17.3 Å². The summed E-state index contributed by atoms with van der Waals surface area (Å²) in [4.78, 5) is 6.68. The molecule has 0 radical (unpaired) electrons. The number of azide groups is 1. The third-order valence-corrected chi connectivity index (χ3v) is 1.74. The van der Waals surface area contributed by atoms with Crippen molar-refractivity contribution in [1.29, 1.82) is 0 Å². The van der Waals surface area contributed by atoms with E-state index >= 15 is 0 Å². The third kappa shape index (κ3) is 4.15. The first-order chi connectivity index (χ1) is 7.36. The highest BCUT2D eigenvalue weighted by molar-refractivity contribution is 5.49. The molecule has 1 rings (SSSR count). The number of rotatable bonds is 5. The van der Waals surface area contributed by atoms with Crippen molar-refractivity contribution in [2.45, 2.75) is 6.42 Å². The van der Waals surface area contributed by atoms with Crippen molar-refractivity contribution in [2.75, 3.05) is 13.7 Å². The summed E-state index contributed by atoms with van der Waals surface area (Å²) in [5, 5.41) is 3.43. The predicted octanol–water partition coefficient (Wildman–Crippen LogP) is 2.80. The van der Waals surface area contributed by atoms with E-state index in [4.69, 9.17) is 10.3 Å². The van der Waals surface area contributed by atoms with Gasteiger partial charge in [0.15, 0.2) is 0 Å². The summed E-state index contributed by atoms with van der Waals surface area (Å²) in [6.07, 6.45) is 7.97. The average Bonchev–Trinajstić information content (AvgIpc) is 2.29. The molecule has 0 N–H and O–H groups in total. The van der Waals surface area contributed by atoms with Crippen molar-refractivity contribution in [2.24, 2.45) is 5.11 Å². The Morgan fingerprint density at radius 3 is 3.20 bits per heavy atom. The first-order valence-electron chi connectivity index (χ1n) is 4.53. The molecule has 15 heavy (non-hydrogen) atoms. The monoisotopic (exact) mass is 204 g/mol. The molecule has 0 saturated carbocycles. The van der Waals surface area contributed by atoms with Gasteiger partial charge in [-0.2, -0.15) is 0 Å². The second kappa shape index (κ2) is 6.45. The van der Waals surface area contributed by atoms with Gasteiger partial charge in [0.2, 0.25) is 0 Å². The first kappa shape index (κ1) is 11.1. The molecule has 0 aliphatic rings. The lowest BCUT2D eigenvalue weighted by atomic mass is 10.2. The quantitative estimate of drug-likeness (QED) is 0.320. The molecular weight excluding hydrogens is 192 g/mol. The van der Waals surface area contributed by atoms with Gasteiger partial charge >= 0.3 is 0 Å². The van der Waals surface area contributed by atoms with Gasteiger partial charge in [0.1, 0.15) is 5.75 Å². The third-order valence-electron chi connectivity index (χ3n) is 1.74. The zero-order valence-electron chi connectivity index (χ0n) is 8.50. The lowest BCUT2D eigenvalue weighted by molar-refractivity contribution is 0.413. The van der Waals surface area contributed by atoms with Gasteiger partial charge < -0.3 is 4.74 Å². The molecular formula is C10H12N4O. The van der Waals surface area contributed by atoms with E-state index in [0.29, 0.717) is 6.54 Å². The molecule has 0 atom stereocenters. The largest absolute Gasteiger partial charge is 0.495 e. The molecule has 0 fully saturated rings. The van der Waals surface area contributed by atoms with E-state index in [1.807, 2.05) is 18.2 Å². The van der Waals surface area contributed by atoms with Crippen molar-refractivity contribution >= 4 is 6.08 Å². The molecule has 5 heteroatoms. The van der Waals surface area contributed by atoms with E-state index in [9.17, 15) is 0 Å². The van der Waals surface area contributed by atoms with Crippen LogP contribution in [0.1, 0.15) is 12.0 Å². The molecule has 0 bridgehead atoms. The molecule has 1 aromatic rings. The maximum atomic E-state index is 8.06. The minimum absolute atomic E-state index is 0.477. The molecule has 0 aliphatic carbocycles. The van der Waals surface area contributed by atoms with E-state index in [1.165, 1.54) is 0 Å². The van der Waals surface area contributed by atoms with E-state index in [-0.39, 0.29) is 0 Å². The second-order valence-corrected chi connectivity index (χ2v) is 2.80. The van der Waals surface area contributed by atoms with Gasteiger partial charge in [-0.15, -0.1) is 0 Å². The first-order valence-corrected chi connectivity index (χ1v) is 4.53. The molecule has 1 heterocycles. The van der Waals surface area contributed by atoms with Crippen molar-refractivity contribution in [3.05, 3.63) is 40.5 Å². The highest BCUT2D eigenvalue weighted by Crippen LogP contribution is 2.11. The zero-order valence-corrected chi connectivity index (χ0v) is 8.50. The normalized spacial score (nSPS) is 9.93. The number of aromatic nitrogens is 1. The standard InChI is InChI=1S/C10H12N4O/c1-15-10-6-9(7-12-8-10)4-2-3-5-13-14-11/h2,4,6-8H,3,5H2,1H3. The lowest BCUT2D eigenvalue weighted by Crippen LogP contribution is -1.84. The Hall–Kier alpha value is -2.00. The van der Waals surface area contributed by atoms with E-state index in [0.717, 1.165) is 17.7 Å². The SMILES string of the molecule is COc1cncc(C=CCCN=[N+]=[N-])c1. The minimum atomic E-state index is 0.477. The van der Waals surface area contributed by atoms with Crippen LogP contribution in [-0.4, -0.2) is 18.6 Å². The topological polar surface area (TPSA) is 70.9 Å². The Balaban J connectivity index is 2.52. The molecule has 0 spiro atoms. The fourth-order valence-corrected chi connectivity index (χ4v) is 1.03. The second-order valence-electron chi connectivity index (χ2n) is 2.80. The van der Waals surface area contributed by atoms with Crippen LogP contribution in [0, 0.1) is 0 Å². The van der Waals surface area contributed by atoms with Crippen LogP contribution in [0.4, 0.5) is 0 Å². The van der Waals surface area contributed by atoms with Crippen LogP contribution >= 0.6 is 0 Å². The van der Waals surface area contributed by atoms with Gasteiger partial charge in [0.25, 0.3) is 0 Å². The molecule has 0 amide bonds. The number of nitrogens with zero attached hydrogens (tertiary/aromatic N) is 4. The Kier molecular flexibility index (Phi) is 4.77. The van der Waals surface area contributed by atoms with E-state index in [1.54, 1.807) is 19.5 Å². The van der Waals surface area contributed by atoms with Crippen LogP contribution in [-0.2, 0) is 0 Å². The lowest BCUT2D eigenvalue weighted by Gasteiger charge is -1.98. The van der Waals surface area contributed by atoms with Crippen molar-refractivity contribution in [1.82, 2.24) is 4.98 Å². The van der Waals surface area contributed by atoms with Gasteiger partial charge in [-0.05, 0) is 23.6 Å². The summed E-state index contributed by atoms with van der Waals surface area (Å²) in [5.74, 6) is 0.729. The molecule has 0 unspecified atom stereocenters. The van der Waals surface area contributed by atoms with Crippen molar-refractivity contribution in [3.63, 3.8) is 0 Å². The average molecular weight is 204 g/mol. The maximum Gasteiger partial charge on any atom is 0.137 e. The predicted molar refractivity (Wildman–Crippen MR) is 58.5 cm³/mol. The summed E-state index contributed by atoms with van der Waals surface area (Å²) in [6, 6.07) is 1.89. The highest BCUT2D eigenvalue weighted by atomic mass is 16.5. The van der Waals surface area contributed by atoms with Crippen molar-refractivity contribution < 1.29 is 4.74 Å². The number of hydrogen-bond acceptors (Lipinski definition) is 3. The summed E-state index contributed by atoms with van der Waals surface area (Å²) >= 11 is 0.